The molecule has 0 unspecified atom stereocenters. The summed E-state index contributed by atoms with van der Waals surface area (Å²) < 4.78 is 0. The van der Waals surface area contributed by atoms with E-state index < -0.39 is 0 Å². The Morgan fingerprint density at radius 2 is 2.12 bits per heavy atom. The molecule has 0 aliphatic rings. The van der Waals surface area contributed by atoms with Crippen molar-refractivity contribution in [3.8, 4) is 11.1 Å². The highest BCUT2D eigenvalue weighted by Gasteiger charge is 2.05. The van der Waals surface area contributed by atoms with Gasteiger partial charge in [-0.15, -0.1) is 0 Å². The smallest absolute Gasteiger partial charge is 0.0350 e. The molecule has 0 bridgehead atoms. The van der Waals surface area contributed by atoms with Gasteiger partial charge in [0.05, 0.1) is 0 Å². The molecule has 2 heterocycles. The normalized spacial score (nSPS) is 10.7. The molecule has 0 aromatic carbocycles. The third-order valence-corrected chi connectivity index (χ3v) is 2.31. The second kappa shape index (κ2) is 4.86. The summed E-state index contributed by atoms with van der Waals surface area (Å²) in [6, 6.07) is 6.97. The van der Waals surface area contributed by atoms with Crippen LogP contribution in [-0.2, 0) is 6.54 Å². The zero-order chi connectivity index (χ0) is 11.4. The minimum absolute atomic E-state index is 0.896. The first-order valence-electron chi connectivity index (χ1n) is 5.16. The molecule has 81 valence electrons. The summed E-state index contributed by atoms with van der Waals surface area (Å²) in [5.41, 5.74) is 3.44. The number of hydrogen-bond donors (Lipinski definition) is 0. The van der Waals surface area contributed by atoms with E-state index in [1.54, 1.807) is 6.20 Å². The van der Waals surface area contributed by atoms with Crippen LogP contribution in [0, 0.1) is 6.07 Å². The lowest BCUT2D eigenvalue weighted by Gasteiger charge is -2.13. The van der Waals surface area contributed by atoms with Crippen molar-refractivity contribution < 1.29 is 0 Å². The molecule has 16 heavy (non-hydrogen) atoms. The van der Waals surface area contributed by atoms with Gasteiger partial charge in [-0.25, -0.2) is 0 Å². The van der Waals surface area contributed by atoms with E-state index in [1.807, 2.05) is 30.7 Å². The predicted octanol–water partition coefficient (Wildman–Crippen LogP) is 2.01. The maximum absolute atomic E-state index is 4.17. The van der Waals surface area contributed by atoms with Gasteiger partial charge < -0.3 is 4.90 Å². The largest absolute Gasteiger partial charge is 0.305 e. The highest BCUT2D eigenvalue weighted by atomic mass is 15.0. The van der Waals surface area contributed by atoms with E-state index >= 15 is 0 Å². The van der Waals surface area contributed by atoms with Gasteiger partial charge in [-0.1, -0.05) is 0 Å². The molecule has 2 rings (SSSR count). The molecule has 0 amide bonds. The van der Waals surface area contributed by atoms with E-state index in [-0.39, 0.29) is 0 Å². The second-order valence-electron chi connectivity index (χ2n) is 3.94. The van der Waals surface area contributed by atoms with Crippen LogP contribution in [0.15, 0.2) is 36.9 Å². The van der Waals surface area contributed by atoms with E-state index in [4.69, 9.17) is 0 Å². The summed E-state index contributed by atoms with van der Waals surface area (Å²) in [4.78, 5) is 10.4. The van der Waals surface area contributed by atoms with Gasteiger partial charge in [-0.2, -0.15) is 0 Å². The van der Waals surface area contributed by atoms with Crippen LogP contribution in [0.3, 0.4) is 0 Å². The summed E-state index contributed by atoms with van der Waals surface area (Å²) in [5, 5.41) is 0. The van der Waals surface area contributed by atoms with Crippen LogP contribution in [-0.4, -0.2) is 29.0 Å². The van der Waals surface area contributed by atoms with Crippen molar-refractivity contribution in [2.24, 2.45) is 0 Å². The Morgan fingerprint density at radius 1 is 1.25 bits per heavy atom. The highest BCUT2D eigenvalue weighted by Crippen LogP contribution is 2.22. The van der Waals surface area contributed by atoms with Gasteiger partial charge in [0.25, 0.3) is 0 Å². The Bertz CT molecular complexity index is 452. The van der Waals surface area contributed by atoms with E-state index in [0.717, 1.165) is 17.7 Å². The van der Waals surface area contributed by atoms with Crippen LogP contribution in [0.2, 0.25) is 0 Å². The molecule has 1 radical (unpaired) electrons. The molecule has 0 spiro atoms. The molecule has 0 atom stereocenters. The van der Waals surface area contributed by atoms with Gasteiger partial charge in [0, 0.05) is 48.5 Å². The fourth-order valence-corrected chi connectivity index (χ4v) is 1.63. The topological polar surface area (TPSA) is 29.0 Å². The molecule has 2 aromatic heterocycles. The Hall–Kier alpha value is -1.74. The van der Waals surface area contributed by atoms with E-state index in [1.165, 1.54) is 5.56 Å². The number of aromatic nitrogens is 2. The van der Waals surface area contributed by atoms with Crippen molar-refractivity contribution in [2.75, 3.05) is 14.1 Å². The van der Waals surface area contributed by atoms with E-state index in [2.05, 4.69) is 35.0 Å². The maximum Gasteiger partial charge on any atom is 0.0350 e. The second-order valence-corrected chi connectivity index (χ2v) is 3.94. The van der Waals surface area contributed by atoms with Gasteiger partial charge in [-0.3, -0.25) is 9.97 Å². The SMILES string of the molecule is CN(C)Cc1ccncc1-c1c[c]cnc1. The summed E-state index contributed by atoms with van der Waals surface area (Å²) in [7, 11) is 4.11. The lowest BCUT2D eigenvalue weighted by Crippen LogP contribution is -2.11. The van der Waals surface area contributed by atoms with Crippen LogP contribution < -0.4 is 0 Å². The minimum atomic E-state index is 0.896. The number of rotatable bonds is 3. The first-order valence-corrected chi connectivity index (χ1v) is 5.16. The molecule has 0 aliphatic carbocycles. The standard InChI is InChI=1S/C13H14N3/c1-16(2)10-12-5-7-15-9-13(12)11-4-3-6-14-8-11/h4-9H,10H2,1-2H3. The first kappa shape index (κ1) is 10.8. The van der Waals surface area contributed by atoms with Crippen molar-refractivity contribution in [3.05, 3.63) is 48.5 Å². The third kappa shape index (κ3) is 2.44. The summed E-state index contributed by atoms with van der Waals surface area (Å²) in [6.45, 7) is 0.896. The van der Waals surface area contributed by atoms with Crippen molar-refractivity contribution in [3.63, 3.8) is 0 Å². The fourth-order valence-electron chi connectivity index (χ4n) is 1.63. The van der Waals surface area contributed by atoms with Crippen LogP contribution in [0.1, 0.15) is 5.56 Å². The van der Waals surface area contributed by atoms with E-state index in [0.29, 0.717) is 0 Å². The van der Waals surface area contributed by atoms with Crippen molar-refractivity contribution in [2.45, 2.75) is 6.54 Å². The lowest BCUT2D eigenvalue weighted by molar-refractivity contribution is 0.403. The number of pyridine rings is 2. The molecule has 0 fully saturated rings. The predicted molar refractivity (Wildman–Crippen MR) is 63.7 cm³/mol. The maximum atomic E-state index is 4.17. The van der Waals surface area contributed by atoms with Crippen LogP contribution in [0.4, 0.5) is 0 Å². The lowest BCUT2D eigenvalue weighted by atomic mass is 10.0. The van der Waals surface area contributed by atoms with Crippen LogP contribution in [0.5, 0.6) is 0 Å². The van der Waals surface area contributed by atoms with Gasteiger partial charge in [0.15, 0.2) is 0 Å². The minimum Gasteiger partial charge on any atom is -0.305 e. The monoisotopic (exact) mass is 212 g/mol. The first-order chi connectivity index (χ1) is 7.77. The van der Waals surface area contributed by atoms with E-state index in [9.17, 15) is 0 Å². The Labute approximate surface area is 95.8 Å². The molecule has 3 nitrogen and oxygen atoms in total. The molecule has 3 heteroatoms. The molecule has 2 aromatic rings. The van der Waals surface area contributed by atoms with Gasteiger partial charge in [0.1, 0.15) is 0 Å². The zero-order valence-corrected chi connectivity index (χ0v) is 9.51. The average Bonchev–Trinajstić information content (AvgIpc) is 2.30. The molecule has 0 N–H and O–H groups in total. The average molecular weight is 212 g/mol. The summed E-state index contributed by atoms with van der Waals surface area (Å²) in [5.74, 6) is 0. The Morgan fingerprint density at radius 3 is 2.81 bits per heavy atom. The van der Waals surface area contributed by atoms with Crippen LogP contribution in [0.25, 0.3) is 11.1 Å². The molecule has 0 saturated carbocycles. The van der Waals surface area contributed by atoms with Gasteiger partial charge >= 0.3 is 0 Å². The third-order valence-electron chi connectivity index (χ3n) is 2.31. The number of nitrogens with zero attached hydrogens (tertiary/aromatic N) is 3. The highest BCUT2D eigenvalue weighted by molar-refractivity contribution is 5.65. The Kier molecular flexibility index (Phi) is 3.27. The van der Waals surface area contributed by atoms with Crippen LogP contribution >= 0.6 is 0 Å². The molecule has 0 aliphatic heterocycles. The number of hydrogen-bond acceptors (Lipinski definition) is 3. The van der Waals surface area contributed by atoms with Gasteiger partial charge in [0.2, 0.25) is 0 Å². The summed E-state index contributed by atoms with van der Waals surface area (Å²) >= 11 is 0. The van der Waals surface area contributed by atoms with Crippen molar-refractivity contribution in [1.82, 2.24) is 14.9 Å². The van der Waals surface area contributed by atoms with Crippen molar-refractivity contribution >= 4 is 0 Å². The molecular weight excluding hydrogens is 198 g/mol. The van der Waals surface area contributed by atoms with Gasteiger partial charge in [-0.05, 0) is 31.8 Å². The Balaban J connectivity index is 2.41. The zero-order valence-electron chi connectivity index (χ0n) is 9.51. The fraction of sp³-hybridized carbons (Fsp3) is 0.231. The summed E-state index contributed by atoms with van der Waals surface area (Å²) in [6.07, 6.45) is 7.20. The quantitative estimate of drug-likeness (QED) is 0.779. The molecule has 0 saturated heterocycles. The molecular formula is C13H14N3. The van der Waals surface area contributed by atoms with Crippen molar-refractivity contribution in [1.29, 1.82) is 0 Å².